The molecule has 1 aliphatic rings. The molecule has 0 aromatic heterocycles. The fraction of sp³-hybridized carbons (Fsp3) is 0.0625. The second-order valence-electron chi connectivity index (χ2n) is 4.83. The Bertz CT molecular complexity index is 769. The van der Waals surface area contributed by atoms with E-state index in [9.17, 15) is 18.8 Å². The van der Waals surface area contributed by atoms with E-state index in [1.165, 1.54) is 36.4 Å². The maximum absolute atomic E-state index is 12.8. The zero-order chi connectivity index (χ0) is 17.1. The lowest BCUT2D eigenvalue weighted by molar-refractivity contribution is -0.139. The molecule has 0 spiro atoms. The Kier molecular flexibility index (Phi) is 4.11. The average Bonchev–Trinajstić information content (AvgIpc) is 2.54. The van der Waals surface area contributed by atoms with Gasteiger partial charge in [-0.15, -0.1) is 0 Å². The van der Waals surface area contributed by atoms with Crippen molar-refractivity contribution in [3.8, 4) is 17.2 Å². The van der Waals surface area contributed by atoms with Crippen molar-refractivity contribution < 1.29 is 28.2 Å². The number of hydrogen-bond acceptors (Lipinski definition) is 5. The molecule has 0 unspecified atom stereocenters. The number of halogens is 1. The summed E-state index contributed by atoms with van der Waals surface area (Å²) in [6.45, 7) is 0. The van der Waals surface area contributed by atoms with Crippen LogP contribution < -0.4 is 20.1 Å². The van der Waals surface area contributed by atoms with Crippen LogP contribution in [0.3, 0.4) is 0 Å². The van der Waals surface area contributed by atoms with Crippen molar-refractivity contribution in [3.63, 3.8) is 0 Å². The van der Waals surface area contributed by atoms with Crippen LogP contribution in [0.1, 0.15) is 0 Å². The number of imide groups is 2. The van der Waals surface area contributed by atoms with Gasteiger partial charge in [0.15, 0.2) is 0 Å². The molecule has 7 nitrogen and oxygen atoms in total. The molecule has 24 heavy (non-hydrogen) atoms. The Labute approximate surface area is 135 Å². The van der Waals surface area contributed by atoms with Gasteiger partial charge in [-0.1, -0.05) is 0 Å². The first-order valence-electron chi connectivity index (χ1n) is 6.87. The molecule has 1 fully saturated rings. The van der Waals surface area contributed by atoms with Crippen LogP contribution in [0.15, 0.2) is 48.5 Å². The third kappa shape index (κ3) is 3.49. The molecule has 2 N–H and O–H groups in total. The lowest BCUT2D eigenvalue weighted by atomic mass is 10.2. The number of nitrogens with one attached hydrogen (secondary N) is 2. The predicted molar refractivity (Wildman–Crippen MR) is 79.0 cm³/mol. The highest BCUT2D eigenvalue weighted by atomic mass is 19.1. The van der Waals surface area contributed by atoms with Gasteiger partial charge in [0, 0.05) is 0 Å². The molecule has 0 bridgehead atoms. The monoisotopic (exact) mass is 330 g/mol. The van der Waals surface area contributed by atoms with Crippen LogP contribution in [0.2, 0.25) is 0 Å². The summed E-state index contributed by atoms with van der Waals surface area (Å²) in [5.41, 5.74) is 0. The Morgan fingerprint density at radius 3 is 1.75 bits per heavy atom. The zero-order valence-corrected chi connectivity index (χ0v) is 12.1. The van der Waals surface area contributed by atoms with Crippen molar-refractivity contribution in [1.29, 1.82) is 0 Å². The molecule has 0 aliphatic carbocycles. The number of carbonyl (C=O) groups excluding carboxylic acids is 3. The Balaban J connectivity index is 1.66. The van der Waals surface area contributed by atoms with Gasteiger partial charge < -0.3 is 9.47 Å². The van der Waals surface area contributed by atoms with E-state index in [-0.39, 0.29) is 11.6 Å². The lowest BCUT2D eigenvalue weighted by Crippen LogP contribution is -2.60. The number of hydrogen-bond donors (Lipinski definition) is 2. The number of barbiturate groups is 1. The van der Waals surface area contributed by atoms with Gasteiger partial charge in [0.25, 0.3) is 17.9 Å². The van der Waals surface area contributed by atoms with Gasteiger partial charge in [-0.25, -0.2) is 9.18 Å². The number of benzene rings is 2. The van der Waals surface area contributed by atoms with E-state index in [4.69, 9.17) is 9.47 Å². The van der Waals surface area contributed by atoms with Gasteiger partial charge in [-0.2, -0.15) is 0 Å². The van der Waals surface area contributed by atoms with Crippen LogP contribution in [0, 0.1) is 5.82 Å². The second-order valence-corrected chi connectivity index (χ2v) is 4.83. The maximum Gasteiger partial charge on any atom is 0.328 e. The summed E-state index contributed by atoms with van der Waals surface area (Å²) in [6.07, 6.45) is -1.45. The van der Waals surface area contributed by atoms with Gasteiger partial charge in [0.05, 0.1) is 0 Å². The van der Waals surface area contributed by atoms with E-state index < -0.39 is 23.9 Å². The Hall–Kier alpha value is -3.42. The molecule has 8 heteroatoms. The van der Waals surface area contributed by atoms with Crippen molar-refractivity contribution in [2.24, 2.45) is 0 Å². The topological polar surface area (TPSA) is 93.7 Å². The highest BCUT2D eigenvalue weighted by molar-refractivity contribution is 6.18. The van der Waals surface area contributed by atoms with E-state index in [1.807, 2.05) is 10.6 Å². The third-order valence-corrected chi connectivity index (χ3v) is 3.08. The maximum atomic E-state index is 12.8. The smallest absolute Gasteiger partial charge is 0.328 e. The Morgan fingerprint density at radius 1 is 0.750 bits per heavy atom. The van der Waals surface area contributed by atoms with E-state index in [1.54, 1.807) is 12.1 Å². The summed E-state index contributed by atoms with van der Waals surface area (Å²) < 4.78 is 23.6. The van der Waals surface area contributed by atoms with Gasteiger partial charge in [0.2, 0.25) is 0 Å². The van der Waals surface area contributed by atoms with Crippen LogP contribution in [0.25, 0.3) is 0 Å². The Morgan fingerprint density at radius 2 is 1.21 bits per heavy atom. The number of amides is 4. The predicted octanol–water partition coefficient (Wildman–Crippen LogP) is 1.73. The highest BCUT2D eigenvalue weighted by Crippen LogP contribution is 2.24. The summed E-state index contributed by atoms with van der Waals surface area (Å²) >= 11 is 0. The molecule has 1 heterocycles. The van der Waals surface area contributed by atoms with Crippen LogP contribution in [-0.4, -0.2) is 23.9 Å². The first-order valence-corrected chi connectivity index (χ1v) is 6.87. The number of carbonyl (C=O) groups is 3. The summed E-state index contributed by atoms with van der Waals surface area (Å²) in [5, 5.41) is 3.88. The minimum absolute atomic E-state index is 0.242. The molecule has 0 saturated carbocycles. The molecule has 2 aromatic rings. The first kappa shape index (κ1) is 15.5. The molecule has 3 rings (SSSR count). The molecule has 0 atom stereocenters. The first-order chi connectivity index (χ1) is 11.5. The van der Waals surface area contributed by atoms with Crippen molar-refractivity contribution in [2.45, 2.75) is 6.10 Å². The van der Waals surface area contributed by atoms with E-state index in [0.717, 1.165) is 0 Å². The molecule has 1 saturated heterocycles. The molecule has 122 valence electrons. The van der Waals surface area contributed by atoms with Crippen molar-refractivity contribution >= 4 is 17.8 Å². The lowest BCUT2D eigenvalue weighted by Gasteiger charge is -2.21. The van der Waals surface area contributed by atoms with E-state index in [2.05, 4.69) is 0 Å². The molecule has 4 amide bonds. The van der Waals surface area contributed by atoms with Gasteiger partial charge in [-0.05, 0) is 48.5 Å². The third-order valence-electron chi connectivity index (χ3n) is 3.08. The van der Waals surface area contributed by atoms with Gasteiger partial charge in [-0.3, -0.25) is 20.2 Å². The minimum atomic E-state index is -1.45. The van der Waals surface area contributed by atoms with E-state index >= 15 is 0 Å². The van der Waals surface area contributed by atoms with Crippen molar-refractivity contribution in [3.05, 3.63) is 54.3 Å². The number of urea groups is 1. The fourth-order valence-electron chi connectivity index (χ4n) is 1.97. The van der Waals surface area contributed by atoms with E-state index in [0.29, 0.717) is 11.5 Å². The normalized spacial score (nSPS) is 14.8. The average molecular weight is 330 g/mol. The zero-order valence-electron chi connectivity index (χ0n) is 12.1. The summed E-state index contributed by atoms with van der Waals surface area (Å²) in [5.74, 6) is -0.887. The molecule has 0 radical (unpaired) electrons. The highest BCUT2D eigenvalue weighted by Gasteiger charge is 2.36. The van der Waals surface area contributed by atoms with Crippen LogP contribution in [0.5, 0.6) is 17.2 Å². The summed E-state index contributed by atoms with van der Waals surface area (Å²) in [6, 6.07) is 10.7. The largest absolute Gasteiger partial charge is 0.471 e. The standard InChI is InChI=1S/C16H11FN2O5/c17-9-1-3-10(4-2-9)23-11-5-7-12(8-6-11)24-13-14(20)18-16(22)19-15(13)21/h1-8,13H,(H2,18,19,20,21,22). The van der Waals surface area contributed by atoms with Crippen LogP contribution >= 0.6 is 0 Å². The summed E-state index contributed by atoms with van der Waals surface area (Å²) in [4.78, 5) is 34.1. The SMILES string of the molecule is O=C1NC(=O)C(Oc2ccc(Oc3ccc(F)cc3)cc2)C(=O)N1. The molecule has 2 aromatic carbocycles. The fourth-order valence-corrected chi connectivity index (χ4v) is 1.97. The molecule has 1 aliphatic heterocycles. The minimum Gasteiger partial charge on any atom is -0.471 e. The van der Waals surface area contributed by atoms with Gasteiger partial charge >= 0.3 is 6.03 Å². The van der Waals surface area contributed by atoms with Crippen molar-refractivity contribution in [1.82, 2.24) is 10.6 Å². The van der Waals surface area contributed by atoms with Gasteiger partial charge in [0.1, 0.15) is 23.1 Å². The molecular weight excluding hydrogens is 319 g/mol. The quantitative estimate of drug-likeness (QED) is 0.833. The number of ether oxygens (including phenoxy) is 2. The second kappa shape index (κ2) is 6.37. The summed E-state index contributed by atoms with van der Waals surface area (Å²) in [7, 11) is 0. The molecular formula is C16H11FN2O5. The van der Waals surface area contributed by atoms with Crippen LogP contribution in [-0.2, 0) is 9.59 Å². The van der Waals surface area contributed by atoms with Crippen molar-refractivity contribution in [2.75, 3.05) is 0 Å². The number of rotatable bonds is 4. The van der Waals surface area contributed by atoms with Crippen LogP contribution in [0.4, 0.5) is 9.18 Å².